The van der Waals surface area contributed by atoms with E-state index in [9.17, 15) is 5.11 Å². The number of benzene rings is 1. The molecule has 0 saturated carbocycles. The Bertz CT molecular complexity index is 556. The zero-order valence-electron chi connectivity index (χ0n) is 10.6. The van der Waals surface area contributed by atoms with Gasteiger partial charge in [-0.1, -0.05) is 12.1 Å². The Kier molecular flexibility index (Phi) is 2.84. The molecule has 18 heavy (non-hydrogen) atoms. The fourth-order valence-electron chi connectivity index (χ4n) is 2.62. The van der Waals surface area contributed by atoms with E-state index < -0.39 is 5.60 Å². The average Bonchev–Trinajstić information content (AvgIpc) is 2.67. The van der Waals surface area contributed by atoms with E-state index in [4.69, 9.17) is 4.74 Å². The normalized spacial score (nSPS) is 24.6. The molecule has 0 bridgehead atoms. The van der Waals surface area contributed by atoms with E-state index in [0.29, 0.717) is 13.0 Å². The van der Waals surface area contributed by atoms with Gasteiger partial charge in [-0.25, -0.2) is 4.98 Å². The van der Waals surface area contributed by atoms with E-state index in [0.717, 1.165) is 36.3 Å². The van der Waals surface area contributed by atoms with E-state index in [2.05, 4.69) is 9.55 Å². The maximum atomic E-state index is 10.5. The Labute approximate surface area is 106 Å². The van der Waals surface area contributed by atoms with Crippen LogP contribution in [0.15, 0.2) is 24.3 Å². The third-order valence-electron chi connectivity index (χ3n) is 3.67. The highest BCUT2D eigenvalue weighted by Gasteiger charge is 2.32. The molecule has 2 aromatic rings. The van der Waals surface area contributed by atoms with Gasteiger partial charge in [-0.05, 0) is 25.0 Å². The molecule has 3 rings (SSSR count). The molecule has 1 saturated heterocycles. The molecule has 1 fully saturated rings. The summed E-state index contributed by atoms with van der Waals surface area (Å²) >= 11 is 0. The zero-order chi connectivity index (χ0) is 12.6. The molecular formula is C14H18N2O2. The lowest BCUT2D eigenvalue weighted by Gasteiger charge is -2.31. The molecule has 1 atom stereocenters. The molecule has 1 aromatic heterocycles. The van der Waals surface area contributed by atoms with E-state index in [-0.39, 0.29) is 0 Å². The van der Waals surface area contributed by atoms with Crippen LogP contribution < -0.4 is 0 Å². The maximum absolute atomic E-state index is 10.5. The lowest BCUT2D eigenvalue weighted by atomic mass is 9.93. The average molecular weight is 246 g/mol. The van der Waals surface area contributed by atoms with Gasteiger partial charge in [0.2, 0.25) is 0 Å². The summed E-state index contributed by atoms with van der Waals surface area (Å²) < 4.78 is 7.44. The predicted molar refractivity (Wildman–Crippen MR) is 69.4 cm³/mol. The molecule has 1 aromatic carbocycles. The molecule has 2 heterocycles. The highest BCUT2D eigenvalue weighted by Crippen LogP contribution is 2.25. The van der Waals surface area contributed by atoms with Gasteiger partial charge >= 0.3 is 0 Å². The van der Waals surface area contributed by atoms with Crippen LogP contribution in [-0.2, 0) is 18.2 Å². The molecule has 96 valence electrons. The minimum absolute atomic E-state index is 0.413. The van der Waals surface area contributed by atoms with Gasteiger partial charge in [0.25, 0.3) is 0 Å². The predicted octanol–water partition coefficient (Wildman–Crippen LogP) is 1.66. The van der Waals surface area contributed by atoms with Gasteiger partial charge < -0.3 is 14.4 Å². The Morgan fingerprint density at radius 1 is 1.44 bits per heavy atom. The van der Waals surface area contributed by atoms with Crippen LogP contribution in [0.25, 0.3) is 11.0 Å². The summed E-state index contributed by atoms with van der Waals surface area (Å²) in [6, 6.07) is 8.04. The van der Waals surface area contributed by atoms with Gasteiger partial charge in [-0.3, -0.25) is 0 Å². The molecule has 1 unspecified atom stereocenters. The minimum Gasteiger partial charge on any atom is -0.387 e. The van der Waals surface area contributed by atoms with Crippen molar-refractivity contribution in [3.8, 4) is 0 Å². The highest BCUT2D eigenvalue weighted by atomic mass is 16.5. The number of hydrogen-bond donors (Lipinski definition) is 1. The van der Waals surface area contributed by atoms with Crippen molar-refractivity contribution >= 4 is 11.0 Å². The summed E-state index contributed by atoms with van der Waals surface area (Å²) in [6.07, 6.45) is 2.26. The fourth-order valence-corrected chi connectivity index (χ4v) is 2.62. The van der Waals surface area contributed by atoms with Gasteiger partial charge in [0.05, 0.1) is 23.2 Å². The number of imidazole rings is 1. The molecule has 1 aliphatic heterocycles. The number of ether oxygens (including phenoxy) is 1. The van der Waals surface area contributed by atoms with Crippen LogP contribution in [-0.4, -0.2) is 33.5 Å². The van der Waals surface area contributed by atoms with E-state index in [1.165, 1.54) is 0 Å². The van der Waals surface area contributed by atoms with Gasteiger partial charge in [-0.2, -0.15) is 0 Å². The summed E-state index contributed by atoms with van der Waals surface area (Å²) in [5.41, 5.74) is 1.33. The van der Waals surface area contributed by atoms with Gasteiger partial charge in [-0.15, -0.1) is 0 Å². The van der Waals surface area contributed by atoms with E-state index >= 15 is 0 Å². The number of hydrogen-bond acceptors (Lipinski definition) is 3. The second kappa shape index (κ2) is 4.37. The van der Waals surface area contributed by atoms with Crippen LogP contribution in [0.3, 0.4) is 0 Å². The van der Waals surface area contributed by atoms with Crippen LogP contribution in [0.5, 0.6) is 0 Å². The number of aliphatic hydroxyl groups is 1. The summed E-state index contributed by atoms with van der Waals surface area (Å²) in [7, 11) is 2.00. The lowest BCUT2D eigenvalue weighted by Crippen LogP contribution is -2.41. The topological polar surface area (TPSA) is 47.3 Å². The van der Waals surface area contributed by atoms with Crippen LogP contribution in [0.1, 0.15) is 18.7 Å². The number of fused-ring (bicyclic) bond motifs is 1. The Morgan fingerprint density at radius 2 is 2.28 bits per heavy atom. The number of aryl methyl sites for hydroxylation is 1. The second-order valence-electron chi connectivity index (χ2n) is 5.13. The van der Waals surface area contributed by atoms with Crippen molar-refractivity contribution < 1.29 is 9.84 Å². The van der Waals surface area contributed by atoms with Crippen molar-refractivity contribution in [1.82, 2.24) is 9.55 Å². The number of aromatic nitrogens is 2. The zero-order valence-corrected chi connectivity index (χ0v) is 10.6. The van der Waals surface area contributed by atoms with Gasteiger partial charge in [0.1, 0.15) is 5.82 Å². The molecule has 0 amide bonds. The highest BCUT2D eigenvalue weighted by molar-refractivity contribution is 5.75. The molecule has 1 aliphatic rings. The van der Waals surface area contributed by atoms with Gasteiger partial charge in [0.15, 0.2) is 0 Å². The smallest absolute Gasteiger partial charge is 0.112 e. The molecule has 0 radical (unpaired) electrons. The number of para-hydroxylation sites is 2. The van der Waals surface area contributed by atoms with Crippen molar-refractivity contribution in [2.45, 2.75) is 24.9 Å². The van der Waals surface area contributed by atoms with E-state index in [1.54, 1.807) is 0 Å². The minimum atomic E-state index is -0.757. The molecule has 0 aliphatic carbocycles. The third kappa shape index (κ3) is 2.02. The molecule has 4 nitrogen and oxygen atoms in total. The summed E-state index contributed by atoms with van der Waals surface area (Å²) in [5, 5.41) is 10.5. The SMILES string of the molecule is Cn1c(CC2(O)CCCOC2)nc2ccccc21. The van der Waals surface area contributed by atoms with Crippen molar-refractivity contribution in [2.24, 2.45) is 7.05 Å². The lowest BCUT2D eigenvalue weighted by molar-refractivity contribution is -0.0857. The molecule has 4 heteroatoms. The first-order valence-electron chi connectivity index (χ1n) is 6.38. The van der Waals surface area contributed by atoms with Crippen molar-refractivity contribution in [3.05, 3.63) is 30.1 Å². The first kappa shape index (κ1) is 11.7. The van der Waals surface area contributed by atoms with Crippen molar-refractivity contribution in [2.75, 3.05) is 13.2 Å². The van der Waals surface area contributed by atoms with Crippen LogP contribution in [0.4, 0.5) is 0 Å². The summed E-state index contributed by atoms with van der Waals surface area (Å²) in [4.78, 5) is 4.60. The maximum Gasteiger partial charge on any atom is 0.112 e. The first-order chi connectivity index (χ1) is 8.68. The summed E-state index contributed by atoms with van der Waals surface area (Å²) in [6.45, 7) is 1.17. The standard InChI is InChI=1S/C14H18N2O2/c1-16-12-6-3-2-5-11(12)15-13(16)9-14(17)7-4-8-18-10-14/h2-3,5-6,17H,4,7-10H2,1H3. The number of nitrogens with zero attached hydrogens (tertiary/aromatic N) is 2. The fraction of sp³-hybridized carbons (Fsp3) is 0.500. The Hall–Kier alpha value is -1.39. The van der Waals surface area contributed by atoms with Crippen molar-refractivity contribution in [3.63, 3.8) is 0 Å². The largest absolute Gasteiger partial charge is 0.387 e. The van der Waals surface area contributed by atoms with Crippen LogP contribution >= 0.6 is 0 Å². The summed E-state index contributed by atoms with van der Waals surface area (Å²) in [5.74, 6) is 0.921. The monoisotopic (exact) mass is 246 g/mol. The van der Waals surface area contributed by atoms with Crippen LogP contribution in [0.2, 0.25) is 0 Å². The van der Waals surface area contributed by atoms with Crippen LogP contribution in [0, 0.1) is 0 Å². The molecule has 0 spiro atoms. The third-order valence-corrected chi connectivity index (χ3v) is 3.67. The molecule has 1 N–H and O–H groups in total. The van der Waals surface area contributed by atoms with Crippen molar-refractivity contribution in [1.29, 1.82) is 0 Å². The Morgan fingerprint density at radius 3 is 3.00 bits per heavy atom. The Balaban J connectivity index is 1.92. The van der Waals surface area contributed by atoms with E-state index in [1.807, 2.05) is 31.3 Å². The number of rotatable bonds is 2. The quantitative estimate of drug-likeness (QED) is 0.876. The van der Waals surface area contributed by atoms with Gasteiger partial charge in [0, 0.05) is 20.1 Å². The second-order valence-corrected chi connectivity index (χ2v) is 5.13. The first-order valence-corrected chi connectivity index (χ1v) is 6.38. The molecular weight excluding hydrogens is 228 g/mol.